The van der Waals surface area contributed by atoms with Crippen LogP contribution in [0.2, 0.25) is 5.02 Å². The van der Waals surface area contributed by atoms with E-state index in [4.69, 9.17) is 32.7 Å². The normalized spacial score (nSPS) is 12.1. The first kappa shape index (κ1) is 16.0. The van der Waals surface area contributed by atoms with Crippen LogP contribution in [-0.2, 0) is 0 Å². The summed E-state index contributed by atoms with van der Waals surface area (Å²) in [5.74, 6) is 1.49. The summed E-state index contributed by atoms with van der Waals surface area (Å²) >= 11 is 12.9. The fourth-order valence-corrected chi connectivity index (χ4v) is 2.91. The van der Waals surface area contributed by atoms with Gasteiger partial charge in [0.2, 0.25) is 0 Å². The summed E-state index contributed by atoms with van der Waals surface area (Å²) in [5, 5.41) is 0.420. The number of rotatable bonds is 4. The zero-order valence-corrected chi connectivity index (χ0v) is 14.0. The monoisotopic (exact) mass is 324 g/mol. The first-order valence-corrected chi connectivity index (χ1v) is 7.42. The highest BCUT2D eigenvalue weighted by Crippen LogP contribution is 2.39. The lowest BCUT2D eigenvalue weighted by Crippen LogP contribution is -2.01. The van der Waals surface area contributed by atoms with Crippen LogP contribution >= 0.6 is 23.2 Å². The second kappa shape index (κ2) is 6.59. The van der Waals surface area contributed by atoms with Gasteiger partial charge in [0.25, 0.3) is 0 Å². The SMILES string of the molecule is COc1ccc(OC)c(C(Cl)c2cc(C)c(Cl)cc2C)c1. The van der Waals surface area contributed by atoms with E-state index < -0.39 is 0 Å². The smallest absolute Gasteiger partial charge is 0.124 e. The summed E-state index contributed by atoms with van der Waals surface area (Å²) in [6.07, 6.45) is 0. The van der Waals surface area contributed by atoms with Crippen LogP contribution in [0.25, 0.3) is 0 Å². The number of ether oxygens (including phenoxy) is 2. The molecule has 0 saturated carbocycles. The average Bonchev–Trinajstić information content (AvgIpc) is 2.49. The Hall–Kier alpha value is -1.38. The number of halogens is 2. The van der Waals surface area contributed by atoms with Crippen molar-refractivity contribution in [2.75, 3.05) is 14.2 Å². The van der Waals surface area contributed by atoms with Gasteiger partial charge < -0.3 is 9.47 Å². The fourth-order valence-electron chi connectivity index (χ4n) is 2.28. The standard InChI is InChI=1S/C17H18Cl2O2/c1-10-8-15(18)11(2)7-13(10)17(19)14-9-12(20-3)5-6-16(14)21-4/h5-9,17H,1-4H3. The zero-order chi connectivity index (χ0) is 15.6. The highest BCUT2D eigenvalue weighted by atomic mass is 35.5. The van der Waals surface area contributed by atoms with Crippen molar-refractivity contribution in [3.63, 3.8) is 0 Å². The molecule has 1 unspecified atom stereocenters. The van der Waals surface area contributed by atoms with Crippen LogP contribution in [0.3, 0.4) is 0 Å². The molecule has 0 aliphatic rings. The van der Waals surface area contributed by atoms with Gasteiger partial charge in [-0.25, -0.2) is 0 Å². The minimum absolute atomic E-state index is 0.328. The Labute approximate surface area is 135 Å². The van der Waals surface area contributed by atoms with Crippen LogP contribution in [0, 0.1) is 13.8 Å². The number of aryl methyl sites for hydroxylation is 2. The van der Waals surface area contributed by atoms with E-state index >= 15 is 0 Å². The summed E-state index contributed by atoms with van der Waals surface area (Å²) in [6, 6.07) is 9.58. The van der Waals surface area contributed by atoms with Gasteiger partial charge in [-0.1, -0.05) is 17.7 Å². The predicted octanol–water partition coefficient (Wildman–Crippen LogP) is 5.30. The average molecular weight is 325 g/mol. The first-order chi connectivity index (χ1) is 9.97. The summed E-state index contributed by atoms with van der Waals surface area (Å²) < 4.78 is 10.7. The molecule has 0 aromatic heterocycles. The van der Waals surface area contributed by atoms with Gasteiger partial charge in [0, 0.05) is 10.6 Å². The molecule has 0 fully saturated rings. The van der Waals surface area contributed by atoms with Crippen LogP contribution in [0.5, 0.6) is 11.5 Å². The van der Waals surface area contributed by atoms with E-state index in [0.29, 0.717) is 0 Å². The van der Waals surface area contributed by atoms with Crippen LogP contribution in [0.1, 0.15) is 27.6 Å². The second-order valence-electron chi connectivity index (χ2n) is 4.93. The molecule has 2 nitrogen and oxygen atoms in total. The Morgan fingerprint density at radius 3 is 2.24 bits per heavy atom. The molecule has 0 saturated heterocycles. The number of hydrogen-bond donors (Lipinski definition) is 0. The number of methoxy groups -OCH3 is 2. The van der Waals surface area contributed by atoms with Crippen molar-refractivity contribution in [2.45, 2.75) is 19.2 Å². The van der Waals surface area contributed by atoms with Crippen LogP contribution in [0.4, 0.5) is 0 Å². The van der Waals surface area contributed by atoms with E-state index in [1.165, 1.54) is 0 Å². The van der Waals surface area contributed by atoms with Gasteiger partial charge >= 0.3 is 0 Å². The lowest BCUT2D eigenvalue weighted by atomic mass is 9.97. The highest BCUT2D eigenvalue weighted by molar-refractivity contribution is 6.31. The van der Waals surface area contributed by atoms with E-state index in [1.807, 2.05) is 44.2 Å². The maximum Gasteiger partial charge on any atom is 0.124 e. The molecule has 2 rings (SSSR count). The van der Waals surface area contributed by atoms with Gasteiger partial charge in [0.15, 0.2) is 0 Å². The zero-order valence-electron chi connectivity index (χ0n) is 12.5. The second-order valence-corrected chi connectivity index (χ2v) is 5.77. The topological polar surface area (TPSA) is 18.5 Å². The molecule has 0 amide bonds. The predicted molar refractivity (Wildman–Crippen MR) is 88.2 cm³/mol. The largest absolute Gasteiger partial charge is 0.497 e. The van der Waals surface area contributed by atoms with Crippen molar-refractivity contribution in [2.24, 2.45) is 0 Å². The van der Waals surface area contributed by atoms with Crippen LogP contribution < -0.4 is 9.47 Å². The first-order valence-electron chi connectivity index (χ1n) is 6.60. The van der Waals surface area contributed by atoms with Gasteiger partial charge in [0.1, 0.15) is 11.5 Å². The molecular formula is C17H18Cl2O2. The van der Waals surface area contributed by atoms with Crippen molar-refractivity contribution in [1.29, 1.82) is 0 Å². The maximum absolute atomic E-state index is 6.70. The van der Waals surface area contributed by atoms with Gasteiger partial charge in [-0.2, -0.15) is 0 Å². The molecule has 0 bridgehead atoms. The van der Waals surface area contributed by atoms with Gasteiger partial charge in [-0.3, -0.25) is 0 Å². The highest BCUT2D eigenvalue weighted by Gasteiger charge is 2.19. The fraction of sp³-hybridized carbons (Fsp3) is 0.294. The molecule has 0 N–H and O–H groups in total. The van der Waals surface area contributed by atoms with E-state index in [1.54, 1.807) is 14.2 Å². The lowest BCUT2D eigenvalue weighted by molar-refractivity contribution is 0.399. The molecule has 0 aliphatic carbocycles. The third kappa shape index (κ3) is 3.28. The Kier molecular flexibility index (Phi) is 5.02. The Morgan fingerprint density at radius 2 is 1.62 bits per heavy atom. The lowest BCUT2D eigenvalue weighted by Gasteiger charge is -2.18. The van der Waals surface area contributed by atoms with Crippen LogP contribution in [-0.4, -0.2) is 14.2 Å². The number of benzene rings is 2. The Morgan fingerprint density at radius 1 is 0.905 bits per heavy atom. The van der Waals surface area contributed by atoms with Crippen LogP contribution in [0.15, 0.2) is 30.3 Å². The minimum atomic E-state index is -0.328. The van der Waals surface area contributed by atoms with E-state index in [0.717, 1.165) is 38.8 Å². The van der Waals surface area contributed by atoms with Crippen molar-refractivity contribution < 1.29 is 9.47 Å². The Bertz CT molecular complexity index is 653. The minimum Gasteiger partial charge on any atom is -0.497 e. The van der Waals surface area contributed by atoms with E-state index in [-0.39, 0.29) is 5.38 Å². The molecule has 112 valence electrons. The molecule has 2 aromatic rings. The summed E-state index contributed by atoms with van der Waals surface area (Å²) in [4.78, 5) is 0. The number of hydrogen-bond acceptors (Lipinski definition) is 2. The Balaban J connectivity index is 2.53. The maximum atomic E-state index is 6.70. The third-order valence-electron chi connectivity index (χ3n) is 3.53. The van der Waals surface area contributed by atoms with E-state index in [2.05, 4.69) is 0 Å². The van der Waals surface area contributed by atoms with E-state index in [9.17, 15) is 0 Å². The third-order valence-corrected chi connectivity index (χ3v) is 4.41. The molecule has 21 heavy (non-hydrogen) atoms. The summed E-state index contributed by atoms with van der Waals surface area (Å²) in [7, 11) is 3.27. The number of alkyl halides is 1. The molecule has 0 spiro atoms. The van der Waals surface area contributed by atoms with Crippen molar-refractivity contribution in [3.8, 4) is 11.5 Å². The molecule has 0 aliphatic heterocycles. The molecule has 0 heterocycles. The molecular weight excluding hydrogens is 307 g/mol. The molecule has 0 radical (unpaired) electrons. The van der Waals surface area contributed by atoms with Crippen molar-refractivity contribution in [3.05, 3.63) is 57.6 Å². The van der Waals surface area contributed by atoms with Crippen molar-refractivity contribution in [1.82, 2.24) is 0 Å². The molecule has 2 aromatic carbocycles. The van der Waals surface area contributed by atoms with Gasteiger partial charge in [-0.05, 0) is 54.8 Å². The summed E-state index contributed by atoms with van der Waals surface area (Å²) in [5.41, 5.74) is 3.95. The van der Waals surface area contributed by atoms with Crippen molar-refractivity contribution >= 4 is 23.2 Å². The molecule has 1 atom stereocenters. The molecule has 4 heteroatoms. The quantitative estimate of drug-likeness (QED) is 0.710. The van der Waals surface area contributed by atoms with Gasteiger partial charge in [-0.15, -0.1) is 11.6 Å². The summed E-state index contributed by atoms with van der Waals surface area (Å²) in [6.45, 7) is 3.97. The van der Waals surface area contributed by atoms with Gasteiger partial charge in [0.05, 0.1) is 19.6 Å².